The molecule has 1 aromatic carbocycles. The van der Waals surface area contributed by atoms with Gasteiger partial charge in [0.1, 0.15) is 0 Å². The maximum atomic E-state index is 11.7. The minimum Gasteiger partial charge on any atom is -0.305 e. The maximum absolute atomic E-state index is 11.7. The van der Waals surface area contributed by atoms with E-state index in [0.717, 1.165) is 29.3 Å². The number of nitrogens with one attached hydrogen (secondary N) is 1. The van der Waals surface area contributed by atoms with Crippen molar-refractivity contribution in [2.75, 3.05) is 11.6 Å². The highest BCUT2D eigenvalue weighted by Crippen LogP contribution is 2.25. The van der Waals surface area contributed by atoms with Crippen molar-refractivity contribution in [1.82, 2.24) is 10.3 Å². The molecule has 17 heavy (non-hydrogen) atoms. The molecule has 0 saturated carbocycles. The molecule has 1 unspecified atom stereocenters. The van der Waals surface area contributed by atoms with Crippen LogP contribution in [0.5, 0.6) is 0 Å². The average Bonchev–Trinajstić information content (AvgIpc) is 2.41. The van der Waals surface area contributed by atoms with Crippen LogP contribution < -0.4 is 5.43 Å². The monoisotopic (exact) mass is 247 g/mol. The van der Waals surface area contributed by atoms with Crippen LogP contribution in [0.3, 0.4) is 0 Å². The Labute approximate surface area is 104 Å². The molecule has 1 aromatic rings. The van der Waals surface area contributed by atoms with Crippen LogP contribution in [-0.4, -0.2) is 34.3 Å². The quantitative estimate of drug-likeness (QED) is 0.823. The zero-order valence-corrected chi connectivity index (χ0v) is 10.1. The molecule has 1 N–H and O–H groups in total. The van der Waals surface area contributed by atoms with E-state index < -0.39 is 0 Å². The number of thioether (sulfide) groups is 1. The third kappa shape index (κ3) is 1.91. The summed E-state index contributed by atoms with van der Waals surface area (Å²) < 4.78 is 0. The molecule has 2 amide bonds. The number of rotatable bonds is 1. The highest BCUT2D eigenvalue weighted by Gasteiger charge is 2.34. The highest BCUT2D eigenvalue weighted by molar-refractivity contribution is 7.99. The SMILES string of the molecule is O=C1NN=C(c2ccccc2)C2CCSCN12. The average molecular weight is 247 g/mol. The van der Waals surface area contributed by atoms with Crippen LogP contribution in [0, 0.1) is 0 Å². The first-order valence-corrected chi connectivity index (χ1v) is 6.79. The van der Waals surface area contributed by atoms with E-state index in [4.69, 9.17) is 0 Å². The first-order chi connectivity index (χ1) is 8.36. The van der Waals surface area contributed by atoms with Gasteiger partial charge in [-0.1, -0.05) is 30.3 Å². The number of urea groups is 1. The van der Waals surface area contributed by atoms with E-state index >= 15 is 0 Å². The topological polar surface area (TPSA) is 44.7 Å². The predicted octanol–water partition coefficient (Wildman–Crippen LogP) is 1.88. The molecule has 0 aromatic heterocycles. The Hall–Kier alpha value is -1.49. The third-order valence-corrected chi connectivity index (χ3v) is 4.05. The van der Waals surface area contributed by atoms with Gasteiger partial charge in [0.25, 0.3) is 0 Å². The Morgan fingerprint density at radius 2 is 2.18 bits per heavy atom. The Bertz CT molecular complexity index is 460. The minimum absolute atomic E-state index is 0.0816. The minimum atomic E-state index is -0.0816. The summed E-state index contributed by atoms with van der Waals surface area (Å²) in [6.07, 6.45) is 0.978. The van der Waals surface area contributed by atoms with Crippen LogP contribution in [0.2, 0.25) is 0 Å². The molecule has 4 nitrogen and oxygen atoms in total. The van der Waals surface area contributed by atoms with Crippen LogP contribution in [0.1, 0.15) is 12.0 Å². The van der Waals surface area contributed by atoms with E-state index in [2.05, 4.69) is 10.5 Å². The molecule has 5 heteroatoms. The van der Waals surface area contributed by atoms with Crippen molar-refractivity contribution < 1.29 is 4.79 Å². The third-order valence-electron chi connectivity index (χ3n) is 3.06. The molecular weight excluding hydrogens is 234 g/mol. The summed E-state index contributed by atoms with van der Waals surface area (Å²) in [5, 5.41) is 4.23. The van der Waals surface area contributed by atoms with Gasteiger partial charge in [0.15, 0.2) is 0 Å². The second-order valence-electron chi connectivity index (χ2n) is 4.09. The molecule has 2 heterocycles. The Morgan fingerprint density at radius 3 is 3.00 bits per heavy atom. The number of amides is 2. The van der Waals surface area contributed by atoms with Gasteiger partial charge in [-0.15, -0.1) is 11.8 Å². The Kier molecular flexibility index (Phi) is 2.76. The highest BCUT2D eigenvalue weighted by atomic mass is 32.2. The van der Waals surface area contributed by atoms with E-state index in [1.165, 1.54) is 0 Å². The number of nitrogens with zero attached hydrogens (tertiary/aromatic N) is 2. The lowest BCUT2D eigenvalue weighted by molar-refractivity contribution is 0.193. The number of hydrazone groups is 1. The van der Waals surface area contributed by atoms with E-state index in [1.54, 1.807) is 11.8 Å². The standard InChI is InChI=1S/C12H13N3OS/c16-12-14-13-11(9-4-2-1-3-5-9)10-6-7-17-8-15(10)12/h1-5,10H,6-8H2,(H,14,16). The Morgan fingerprint density at radius 1 is 1.35 bits per heavy atom. The first kappa shape index (κ1) is 10.7. The van der Waals surface area contributed by atoms with Crippen molar-refractivity contribution in [3.63, 3.8) is 0 Å². The summed E-state index contributed by atoms with van der Waals surface area (Å²) in [7, 11) is 0. The van der Waals surface area contributed by atoms with Crippen LogP contribution in [0.25, 0.3) is 0 Å². The number of fused-ring (bicyclic) bond motifs is 1. The van der Waals surface area contributed by atoms with Gasteiger partial charge in [-0.3, -0.25) is 0 Å². The van der Waals surface area contributed by atoms with E-state index in [1.807, 2.05) is 35.2 Å². The molecule has 1 fully saturated rings. The van der Waals surface area contributed by atoms with Gasteiger partial charge in [0, 0.05) is 0 Å². The molecule has 3 rings (SSSR count). The lowest BCUT2D eigenvalue weighted by atomic mass is 9.99. The fraction of sp³-hybridized carbons (Fsp3) is 0.333. The molecule has 1 atom stereocenters. The van der Waals surface area contributed by atoms with Crippen LogP contribution in [0.15, 0.2) is 35.4 Å². The largest absolute Gasteiger partial charge is 0.339 e. The van der Waals surface area contributed by atoms with Gasteiger partial charge < -0.3 is 4.90 Å². The number of carbonyl (C=O) groups is 1. The number of hydrogen-bond acceptors (Lipinski definition) is 3. The number of benzene rings is 1. The molecule has 2 aliphatic rings. The predicted molar refractivity (Wildman–Crippen MR) is 69.1 cm³/mol. The van der Waals surface area contributed by atoms with Gasteiger partial charge >= 0.3 is 6.03 Å². The summed E-state index contributed by atoms with van der Waals surface area (Å²) in [6.45, 7) is 0. The molecule has 1 saturated heterocycles. The molecule has 0 aliphatic carbocycles. The first-order valence-electron chi connectivity index (χ1n) is 5.63. The molecule has 0 bridgehead atoms. The van der Waals surface area contributed by atoms with Crippen molar-refractivity contribution >= 4 is 23.5 Å². The summed E-state index contributed by atoms with van der Waals surface area (Å²) in [5.41, 5.74) is 4.66. The zero-order chi connectivity index (χ0) is 11.7. The van der Waals surface area contributed by atoms with Crippen molar-refractivity contribution in [3.05, 3.63) is 35.9 Å². The van der Waals surface area contributed by atoms with Crippen LogP contribution >= 0.6 is 11.8 Å². The number of hydrogen-bond donors (Lipinski definition) is 1. The van der Waals surface area contributed by atoms with Gasteiger partial charge in [0.05, 0.1) is 17.6 Å². The molecule has 0 spiro atoms. The molecule has 2 aliphatic heterocycles. The Balaban J connectivity index is 1.96. The van der Waals surface area contributed by atoms with Crippen LogP contribution in [0.4, 0.5) is 4.79 Å². The lowest BCUT2D eigenvalue weighted by Gasteiger charge is -2.38. The zero-order valence-electron chi connectivity index (χ0n) is 9.30. The number of carbonyl (C=O) groups excluding carboxylic acids is 1. The van der Waals surface area contributed by atoms with E-state index in [9.17, 15) is 4.79 Å². The molecule has 88 valence electrons. The summed E-state index contributed by atoms with van der Waals surface area (Å²) in [5.74, 6) is 1.84. The summed E-state index contributed by atoms with van der Waals surface area (Å²) in [6, 6.07) is 10.1. The normalized spacial score (nSPS) is 23.8. The fourth-order valence-electron chi connectivity index (χ4n) is 2.20. The van der Waals surface area contributed by atoms with E-state index in [-0.39, 0.29) is 12.1 Å². The van der Waals surface area contributed by atoms with Gasteiger partial charge in [-0.2, -0.15) is 5.10 Å². The van der Waals surface area contributed by atoms with Gasteiger partial charge in [-0.25, -0.2) is 10.2 Å². The second-order valence-corrected chi connectivity index (χ2v) is 5.17. The van der Waals surface area contributed by atoms with Crippen molar-refractivity contribution in [2.24, 2.45) is 5.10 Å². The van der Waals surface area contributed by atoms with E-state index in [0.29, 0.717) is 0 Å². The second kappa shape index (κ2) is 4.41. The molecule has 0 radical (unpaired) electrons. The lowest BCUT2D eigenvalue weighted by Crippen LogP contribution is -2.54. The van der Waals surface area contributed by atoms with Crippen molar-refractivity contribution in [2.45, 2.75) is 12.5 Å². The summed E-state index contributed by atoms with van der Waals surface area (Å²) >= 11 is 1.79. The summed E-state index contributed by atoms with van der Waals surface area (Å²) in [4.78, 5) is 13.6. The van der Waals surface area contributed by atoms with Crippen LogP contribution in [-0.2, 0) is 0 Å². The smallest absolute Gasteiger partial charge is 0.305 e. The van der Waals surface area contributed by atoms with Gasteiger partial charge in [0.2, 0.25) is 0 Å². The van der Waals surface area contributed by atoms with Gasteiger partial charge in [-0.05, 0) is 17.7 Å². The van der Waals surface area contributed by atoms with Crippen molar-refractivity contribution in [3.8, 4) is 0 Å². The maximum Gasteiger partial charge on any atom is 0.339 e. The fourth-order valence-corrected chi connectivity index (χ4v) is 3.21. The molecular formula is C12H13N3OS. The van der Waals surface area contributed by atoms with Crippen molar-refractivity contribution in [1.29, 1.82) is 0 Å².